The smallest absolute Gasteiger partial charge is 0.329 e. The second-order valence-electron chi connectivity index (χ2n) is 18.7. The first-order chi connectivity index (χ1) is 29.4. The predicted octanol–water partition coefficient (Wildman–Crippen LogP) is 6.31. The maximum absolute atomic E-state index is 14.3. The Morgan fingerprint density at radius 3 is 2.31 bits per heavy atom. The molecule has 13 heteroatoms. The van der Waals surface area contributed by atoms with Crippen LogP contribution in [0.2, 0.25) is 0 Å². The molecular weight excluding hydrogens is 795 g/mol. The van der Waals surface area contributed by atoms with E-state index in [2.05, 4.69) is 0 Å². The summed E-state index contributed by atoms with van der Waals surface area (Å²) in [5.74, 6) is -7.41. The number of carbonyl (C=O) groups excluding carboxylic acids is 5. The number of aliphatic hydroxyl groups is 3. The highest BCUT2D eigenvalue weighted by Crippen LogP contribution is 2.37. The number of amides is 1. The van der Waals surface area contributed by atoms with Crippen molar-refractivity contribution in [3.63, 3.8) is 0 Å². The SMILES string of the molecule is COC1C[C@H]2CC[C@@H](C)C(O)(O2)C(=O)C(=O)N2CCCC[C@H]2C(=O)O[C@@H]([C@@H](C)C[C@H]2CC[C@@H](O)[C@@H](OC)C2)CC(=O)[C@@H](C)/C=C(\C)[C@@H](O)CC(=O)[C@H](C)CC/C=C/C=C/C=C/1C. The molecule has 3 heterocycles. The van der Waals surface area contributed by atoms with E-state index < -0.39 is 71.8 Å². The van der Waals surface area contributed by atoms with E-state index in [9.17, 15) is 39.3 Å². The third kappa shape index (κ3) is 13.8. The molecule has 3 aliphatic heterocycles. The third-order valence-electron chi connectivity index (χ3n) is 13.9. The molecule has 0 aromatic rings. The topological polar surface area (TPSA) is 186 Å². The Hall–Kier alpha value is -3.33. The van der Waals surface area contributed by atoms with Crippen molar-refractivity contribution in [1.29, 1.82) is 0 Å². The highest BCUT2D eigenvalue weighted by molar-refractivity contribution is 6.39. The number of allylic oxidation sites excluding steroid dienone is 6. The molecule has 0 radical (unpaired) electrons. The van der Waals surface area contributed by atoms with Crippen LogP contribution in [0.1, 0.15) is 131 Å². The molecule has 4 aliphatic rings. The molecule has 13 atom stereocenters. The lowest BCUT2D eigenvalue weighted by Crippen LogP contribution is -2.61. The van der Waals surface area contributed by atoms with Crippen LogP contribution in [-0.4, -0.2) is 119 Å². The molecule has 4 rings (SSSR count). The molecule has 1 saturated carbocycles. The van der Waals surface area contributed by atoms with Crippen molar-refractivity contribution >= 4 is 29.2 Å². The van der Waals surface area contributed by atoms with Crippen LogP contribution < -0.4 is 0 Å². The number of piperidine rings is 1. The number of hydrogen-bond donors (Lipinski definition) is 3. The number of carbonyl (C=O) groups is 5. The lowest BCUT2D eigenvalue weighted by atomic mass is 9.78. The molecule has 0 aromatic heterocycles. The summed E-state index contributed by atoms with van der Waals surface area (Å²) in [5.41, 5.74) is 1.39. The van der Waals surface area contributed by atoms with Crippen LogP contribution in [0, 0.1) is 29.6 Å². The Kier molecular flexibility index (Phi) is 19.9. The van der Waals surface area contributed by atoms with E-state index in [1.807, 2.05) is 51.2 Å². The molecule has 3 fully saturated rings. The van der Waals surface area contributed by atoms with Gasteiger partial charge in [0.25, 0.3) is 11.7 Å². The van der Waals surface area contributed by atoms with Gasteiger partial charge < -0.3 is 39.2 Å². The van der Waals surface area contributed by atoms with Crippen molar-refractivity contribution in [3.8, 4) is 0 Å². The van der Waals surface area contributed by atoms with Gasteiger partial charge in [0.2, 0.25) is 5.79 Å². The highest BCUT2D eigenvalue weighted by Gasteiger charge is 2.53. The molecule has 3 N–H and O–H groups in total. The molecule has 0 aromatic carbocycles. The number of nitrogens with zero attached hydrogens (tertiary/aromatic N) is 1. The summed E-state index contributed by atoms with van der Waals surface area (Å²) in [6.07, 6.45) is 13.6. The summed E-state index contributed by atoms with van der Waals surface area (Å²) in [7, 11) is 3.15. The first kappa shape index (κ1) is 51.3. The van der Waals surface area contributed by atoms with Crippen molar-refractivity contribution in [2.24, 2.45) is 29.6 Å². The van der Waals surface area contributed by atoms with Gasteiger partial charge in [0.1, 0.15) is 23.7 Å². The summed E-state index contributed by atoms with van der Waals surface area (Å²) < 4.78 is 23.7. The summed E-state index contributed by atoms with van der Waals surface area (Å²) in [5, 5.41) is 33.4. The van der Waals surface area contributed by atoms with Crippen molar-refractivity contribution in [1.82, 2.24) is 4.90 Å². The zero-order chi connectivity index (χ0) is 45.7. The molecule has 0 spiro atoms. The van der Waals surface area contributed by atoms with E-state index in [0.717, 1.165) is 12.0 Å². The Bertz CT molecular complexity index is 1670. The molecule has 2 unspecified atom stereocenters. The van der Waals surface area contributed by atoms with Gasteiger partial charge in [-0.1, -0.05) is 64.2 Å². The molecule has 2 bridgehead atoms. The van der Waals surface area contributed by atoms with E-state index in [4.69, 9.17) is 18.9 Å². The third-order valence-corrected chi connectivity index (χ3v) is 13.9. The highest BCUT2D eigenvalue weighted by atomic mass is 16.6. The monoisotopic (exact) mass is 870 g/mol. The fourth-order valence-electron chi connectivity index (χ4n) is 9.44. The van der Waals surface area contributed by atoms with Crippen molar-refractivity contribution < 1.29 is 58.2 Å². The van der Waals surface area contributed by atoms with Gasteiger partial charge >= 0.3 is 5.97 Å². The van der Waals surface area contributed by atoms with Crippen LogP contribution in [0.15, 0.2) is 47.6 Å². The molecule has 2 saturated heterocycles. The largest absolute Gasteiger partial charge is 0.460 e. The summed E-state index contributed by atoms with van der Waals surface area (Å²) in [4.78, 5) is 70.9. The lowest BCUT2D eigenvalue weighted by Gasteiger charge is -2.42. The minimum Gasteiger partial charge on any atom is -0.460 e. The minimum absolute atomic E-state index is 0.0696. The molecular formula is C49H75NO12. The van der Waals surface area contributed by atoms with Gasteiger partial charge in [0, 0.05) is 57.8 Å². The Labute approximate surface area is 369 Å². The second kappa shape index (κ2) is 24.1. The van der Waals surface area contributed by atoms with Gasteiger partial charge in [0.15, 0.2) is 0 Å². The first-order valence-corrected chi connectivity index (χ1v) is 23.0. The number of methoxy groups -OCH3 is 2. The fourth-order valence-corrected chi connectivity index (χ4v) is 9.44. The van der Waals surface area contributed by atoms with Crippen LogP contribution in [0.3, 0.4) is 0 Å². The molecule has 62 heavy (non-hydrogen) atoms. The number of ketones is 3. The van der Waals surface area contributed by atoms with Crippen LogP contribution in [0.4, 0.5) is 0 Å². The fraction of sp³-hybridized carbons (Fsp3) is 0.735. The van der Waals surface area contributed by atoms with Gasteiger partial charge in [-0.05, 0) is 107 Å². The van der Waals surface area contributed by atoms with Crippen LogP contribution in [-0.2, 0) is 42.9 Å². The van der Waals surface area contributed by atoms with Gasteiger partial charge in [-0.15, -0.1) is 0 Å². The quantitative estimate of drug-likeness (QED) is 0.159. The van der Waals surface area contributed by atoms with E-state index >= 15 is 0 Å². The maximum Gasteiger partial charge on any atom is 0.329 e. The van der Waals surface area contributed by atoms with E-state index in [1.54, 1.807) is 41.1 Å². The van der Waals surface area contributed by atoms with E-state index in [-0.39, 0.29) is 61.2 Å². The normalized spacial score (nSPS) is 39.4. The summed E-state index contributed by atoms with van der Waals surface area (Å²) in [6, 6.07) is -1.12. The minimum atomic E-state index is -2.41. The average molecular weight is 870 g/mol. The lowest BCUT2D eigenvalue weighted by molar-refractivity contribution is -0.265. The van der Waals surface area contributed by atoms with Crippen LogP contribution >= 0.6 is 0 Å². The Morgan fingerprint density at radius 1 is 0.855 bits per heavy atom. The van der Waals surface area contributed by atoms with Crippen molar-refractivity contribution in [2.75, 3.05) is 20.8 Å². The maximum atomic E-state index is 14.3. The molecule has 1 aliphatic carbocycles. The number of rotatable bonds is 5. The van der Waals surface area contributed by atoms with Gasteiger partial charge in [-0.25, -0.2) is 4.79 Å². The number of Topliss-reactive ketones (excluding diaryl/α,β-unsaturated/α-hetero) is 3. The van der Waals surface area contributed by atoms with Gasteiger partial charge in [-0.3, -0.25) is 19.2 Å². The number of hydrogen-bond acceptors (Lipinski definition) is 12. The number of fused-ring (bicyclic) bond motifs is 3. The number of ether oxygens (including phenoxy) is 4. The first-order valence-electron chi connectivity index (χ1n) is 23.0. The summed E-state index contributed by atoms with van der Waals surface area (Å²) in [6.45, 7) is 10.9. The van der Waals surface area contributed by atoms with Crippen LogP contribution in [0.25, 0.3) is 0 Å². The Morgan fingerprint density at radius 2 is 1.60 bits per heavy atom. The number of aliphatic hydroxyl groups excluding tert-OH is 2. The predicted molar refractivity (Wildman–Crippen MR) is 234 cm³/mol. The van der Waals surface area contributed by atoms with E-state index in [0.29, 0.717) is 69.8 Å². The number of esters is 1. The zero-order valence-electron chi connectivity index (χ0n) is 38.5. The van der Waals surface area contributed by atoms with Crippen molar-refractivity contribution in [3.05, 3.63) is 47.6 Å². The standard InChI is InChI=1S/C49H75NO12/c1-30-16-12-10-9-11-13-17-31(2)43(59-7)27-37-21-19-35(6)49(58,62-37)46(55)47(56)50-23-15-14-18-38(50)48(57)61-44(34(5)25-36-20-22-39(51)45(26-36)60-8)29-42(54)33(4)24-32(3)41(53)28-40(30)52/h9-11,13,17,24,30,33-39,41,43-45,51,53,58H,12,14-16,18-23,25-29H2,1-8H3/b10-9+,13-11+,31-17+,32-24+/t30-,33+,34+,35-,36-,37-,38+,39-,41+,43?,44-,45+,49?/m1/s1. The second-order valence-corrected chi connectivity index (χ2v) is 18.7. The van der Waals surface area contributed by atoms with Gasteiger partial charge in [0.05, 0.1) is 30.5 Å². The van der Waals surface area contributed by atoms with Crippen molar-refractivity contribution in [2.45, 2.75) is 180 Å². The molecule has 348 valence electrons. The number of cyclic esters (lactones) is 1. The van der Waals surface area contributed by atoms with Crippen LogP contribution in [0.5, 0.6) is 0 Å². The summed E-state index contributed by atoms with van der Waals surface area (Å²) >= 11 is 0. The van der Waals surface area contributed by atoms with E-state index in [1.165, 1.54) is 4.90 Å². The zero-order valence-corrected chi connectivity index (χ0v) is 38.5. The average Bonchev–Trinajstić information content (AvgIpc) is 3.25. The molecule has 13 nitrogen and oxygen atoms in total. The Balaban J connectivity index is 1.65. The van der Waals surface area contributed by atoms with Gasteiger partial charge in [-0.2, -0.15) is 0 Å². The molecule has 1 amide bonds.